The summed E-state index contributed by atoms with van der Waals surface area (Å²) in [5.74, 6) is -1.17. The molecule has 0 aliphatic heterocycles. The third kappa shape index (κ3) is 5.51. The van der Waals surface area contributed by atoms with Crippen LogP contribution in [0.15, 0.2) is 12.4 Å². The van der Waals surface area contributed by atoms with Crippen molar-refractivity contribution in [2.24, 2.45) is 0 Å². The monoisotopic (exact) mass is 402 g/mol. The molecule has 116 valence electrons. The number of aromatic carboxylic acids is 1. The molecule has 0 unspecified atom stereocenters. The first-order valence-electron chi connectivity index (χ1n) is 5.01. The first-order valence-corrected chi connectivity index (χ1v) is 6.90. The van der Waals surface area contributed by atoms with Crippen LogP contribution in [0.1, 0.15) is 20.7 Å². The molecule has 0 bridgehead atoms. The average Bonchev–Trinajstić information content (AvgIpc) is 2.38. The summed E-state index contributed by atoms with van der Waals surface area (Å²) in [7, 11) is 0. The maximum atomic E-state index is 10.5. The molecule has 7 nitrogen and oxygen atoms in total. The number of hydrogen-bond donors (Lipinski definition) is 1. The molecule has 0 aromatic carbocycles. The molecule has 0 aliphatic carbocycles. The van der Waals surface area contributed by atoms with E-state index < -0.39 is 11.2 Å². The lowest BCUT2D eigenvalue weighted by molar-refractivity contribution is 0.0696. The standard InChI is InChI=1S/C5HCl3N2O.C5H2Cl2N2O2/c6-3-2(4(7)11)1-9-5(8)10-3;6-3-2(4(10)11)1-8-5(7)9-3/h1H;1H,(H,10,11). The van der Waals surface area contributed by atoms with E-state index in [0.717, 1.165) is 6.20 Å². The van der Waals surface area contributed by atoms with Gasteiger partial charge in [-0.15, -0.1) is 0 Å². The summed E-state index contributed by atoms with van der Waals surface area (Å²) in [6.07, 6.45) is 2.23. The van der Waals surface area contributed by atoms with E-state index in [-0.39, 0.29) is 32.0 Å². The van der Waals surface area contributed by atoms with Gasteiger partial charge in [0.15, 0.2) is 0 Å². The highest BCUT2D eigenvalue weighted by Gasteiger charge is 2.10. The van der Waals surface area contributed by atoms with Crippen molar-refractivity contribution in [3.05, 3.63) is 44.4 Å². The Labute approximate surface area is 148 Å². The van der Waals surface area contributed by atoms with E-state index in [0.29, 0.717) is 0 Å². The second-order valence-corrected chi connectivity index (χ2v) is 5.00. The predicted octanol–water partition coefficient (Wildman–Crippen LogP) is 3.64. The lowest BCUT2D eigenvalue weighted by atomic mass is 10.3. The van der Waals surface area contributed by atoms with Crippen LogP contribution in [0.2, 0.25) is 20.9 Å². The molecule has 0 fully saturated rings. The lowest BCUT2D eigenvalue weighted by Crippen LogP contribution is -2.00. The zero-order chi connectivity index (χ0) is 16.9. The number of carbonyl (C=O) groups excluding carboxylic acids is 1. The van der Waals surface area contributed by atoms with Gasteiger partial charge < -0.3 is 5.11 Å². The maximum absolute atomic E-state index is 10.5. The fourth-order valence-electron chi connectivity index (χ4n) is 0.958. The van der Waals surface area contributed by atoms with Crippen molar-refractivity contribution in [1.82, 2.24) is 19.9 Å². The van der Waals surface area contributed by atoms with Crippen molar-refractivity contribution >= 4 is 69.2 Å². The van der Waals surface area contributed by atoms with Gasteiger partial charge >= 0.3 is 5.97 Å². The van der Waals surface area contributed by atoms with Crippen molar-refractivity contribution in [2.75, 3.05) is 0 Å². The predicted molar refractivity (Wildman–Crippen MR) is 81.2 cm³/mol. The Morgan fingerprint density at radius 1 is 0.864 bits per heavy atom. The molecule has 12 heteroatoms. The number of carbonyl (C=O) groups is 2. The number of hydrogen-bond acceptors (Lipinski definition) is 6. The van der Waals surface area contributed by atoms with Crippen molar-refractivity contribution in [1.29, 1.82) is 0 Å². The van der Waals surface area contributed by atoms with Gasteiger partial charge in [0.2, 0.25) is 10.6 Å². The molecular weight excluding hydrogens is 401 g/mol. The van der Waals surface area contributed by atoms with Crippen LogP contribution in [-0.4, -0.2) is 36.3 Å². The maximum Gasteiger partial charge on any atom is 0.340 e. The van der Waals surface area contributed by atoms with E-state index in [4.69, 9.17) is 63.1 Å². The molecular formula is C10H3Cl5N4O3. The minimum atomic E-state index is -1.17. The molecule has 22 heavy (non-hydrogen) atoms. The summed E-state index contributed by atoms with van der Waals surface area (Å²) in [6, 6.07) is 0. The number of carboxylic acid groups (broad SMARTS) is 1. The summed E-state index contributed by atoms with van der Waals surface area (Å²) in [5, 5.41) is 7.47. The molecule has 2 aromatic rings. The van der Waals surface area contributed by atoms with Gasteiger partial charge in [-0.05, 0) is 34.8 Å². The van der Waals surface area contributed by atoms with E-state index >= 15 is 0 Å². The quantitative estimate of drug-likeness (QED) is 0.463. The summed E-state index contributed by atoms with van der Waals surface area (Å²) in [5.41, 5.74) is -0.103. The fraction of sp³-hybridized carbons (Fsp3) is 0. The number of aromatic nitrogens is 4. The van der Waals surface area contributed by atoms with Gasteiger partial charge in [0, 0.05) is 12.4 Å². The third-order valence-corrected chi connectivity index (χ3v) is 3.01. The van der Waals surface area contributed by atoms with Crippen LogP contribution in [0.4, 0.5) is 0 Å². The molecule has 2 heterocycles. The van der Waals surface area contributed by atoms with Crippen LogP contribution in [0, 0.1) is 0 Å². The van der Waals surface area contributed by atoms with Crippen LogP contribution in [0.25, 0.3) is 0 Å². The van der Waals surface area contributed by atoms with Crippen LogP contribution in [0.3, 0.4) is 0 Å². The number of rotatable bonds is 2. The van der Waals surface area contributed by atoms with E-state index in [1.54, 1.807) is 0 Å². The highest BCUT2D eigenvalue weighted by molar-refractivity contribution is 6.68. The first-order chi connectivity index (χ1) is 10.2. The molecule has 0 radical (unpaired) electrons. The topological polar surface area (TPSA) is 106 Å². The van der Waals surface area contributed by atoms with Crippen molar-refractivity contribution in [3.8, 4) is 0 Å². The molecule has 0 saturated heterocycles. The largest absolute Gasteiger partial charge is 0.478 e. The van der Waals surface area contributed by atoms with E-state index in [9.17, 15) is 9.59 Å². The van der Waals surface area contributed by atoms with Gasteiger partial charge in [-0.1, -0.05) is 23.2 Å². The molecule has 0 aliphatic rings. The van der Waals surface area contributed by atoms with Gasteiger partial charge in [-0.3, -0.25) is 4.79 Å². The Balaban J connectivity index is 0.000000220. The normalized spacial score (nSPS) is 9.68. The van der Waals surface area contributed by atoms with Gasteiger partial charge in [0.25, 0.3) is 5.24 Å². The highest BCUT2D eigenvalue weighted by atomic mass is 35.5. The summed E-state index contributed by atoms with van der Waals surface area (Å²) in [6.45, 7) is 0. The Bertz CT molecular complexity index is 666. The minimum absolute atomic E-state index is 0.0170. The number of carboxylic acids is 1. The minimum Gasteiger partial charge on any atom is -0.478 e. The van der Waals surface area contributed by atoms with Crippen molar-refractivity contribution < 1.29 is 14.7 Å². The molecule has 0 saturated carbocycles. The van der Waals surface area contributed by atoms with Crippen LogP contribution < -0.4 is 0 Å². The highest BCUT2D eigenvalue weighted by Crippen LogP contribution is 2.15. The van der Waals surface area contributed by atoms with Gasteiger partial charge in [0.05, 0.1) is 5.56 Å². The van der Waals surface area contributed by atoms with Crippen LogP contribution in [0.5, 0.6) is 0 Å². The second-order valence-electron chi connectivity index (χ2n) is 3.27. The second kappa shape index (κ2) is 8.40. The SMILES string of the molecule is O=C(Cl)c1cnc(Cl)nc1Cl.O=C(O)c1cnc(Cl)nc1Cl. The molecule has 0 atom stereocenters. The van der Waals surface area contributed by atoms with E-state index in [2.05, 4.69) is 19.9 Å². The average molecular weight is 404 g/mol. The van der Waals surface area contributed by atoms with Crippen LogP contribution >= 0.6 is 58.0 Å². The van der Waals surface area contributed by atoms with Gasteiger partial charge in [0.1, 0.15) is 15.9 Å². The molecule has 0 amide bonds. The Kier molecular flexibility index (Phi) is 7.18. The van der Waals surface area contributed by atoms with Gasteiger partial charge in [-0.25, -0.2) is 24.7 Å². The number of nitrogens with zero attached hydrogens (tertiary/aromatic N) is 4. The lowest BCUT2D eigenvalue weighted by Gasteiger charge is -1.95. The number of halogens is 5. The van der Waals surface area contributed by atoms with Crippen molar-refractivity contribution in [2.45, 2.75) is 0 Å². The Morgan fingerprint density at radius 3 is 1.59 bits per heavy atom. The Morgan fingerprint density at radius 2 is 1.27 bits per heavy atom. The van der Waals surface area contributed by atoms with E-state index in [1.165, 1.54) is 6.20 Å². The first kappa shape index (κ1) is 18.8. The van der Waals surface area contributed by atoms with Gasteiger partial charge in [-0.2, -0.15) is 0 Å². The molecule has 1 N–H and O–H groups in total. The van der Waals surface area contributed by atoms with E-state index in [1.807, 2.05) is 0 Å². The molecule has 0 spiro atoms. The van der Waals surface area contributed by atoms with Crippen LogP contribution in [-0.2, 0) is 0 Å². The Hall–Kier alpha value is -1.25. The molecule has 2 aromatic heterocycles. The zero-order valence-electron chi connectivity index (χ0n) is 10.1. The fourth-order valence-corrected chi connectivity index (χ4v) is 1.92. The zero-order valence-corrected chi connectivity index (χ0v) is 13.9. The summed E-state index contributed by atoms with van der Waals surface area (Å²) >= 11 is 26.7. The molecule has 2 rings (SSSR count). The summed E-state index contributed by atoms with van der Waals surface area (Å²) in [4.78, 5) is 34.8. The van der Waals surface area contributed by atoms with Crippen molar-refractivity contribution in [3.63, 3.8) is 0 Å². The summed E-state index contributed by atoms with van der Waals surface area (Å²) < 4.78 is 0. The third-order valence-electron chi connectivity index (χ3n) is 1.87. The smallest absolute Gasteiger partial charge is 0.340 e.